The van der Waals surface area contributed by atoms with Crippen LogP contribution < -0.4 is 10.6 Å². The van der Waals surface area contributed by atoms with E-state index in [0.29, 0.717) is 17.7 Å². The quantitative estimate of drug-likeness (QED) is 0.439. The molecule has 0 radical (unpaired) electrons. The van der Waals surface area contributed by atoms with Crippen molar-refractivity contribution in [3.63, 3.8) is 0 Å². The molecule has 3 N–H and O–H groups in total. The fourth-order valence-electron chi connectivity index (χ4n) is 4.38. The van der Waals surface area contributed by atoms with E-state index in [9.17, 15) is 0 Å². The monoisotopic (exact) mass is 447 g/mol. The summed E-state index contributed by atoms with van der Waals surface area (Å²) in [5, 5.41) is 26.4. The molecule has 0 saturated carbocycles. The lowest BCUT2D eigenvalue weighted by atomic mass is 9.76. The number of rotatable bonds is 9. The van der Waals surface area contributed by atoms with Gasteiger partial charge in [-0.1, -0.05) is 75.3 Å². The lowest BCUT2D eigenvalue weighted by molar-refractivity contribution is 0.298. The molecule has 174 valence electrons. The molecule has 33 heavy (non-hydrogen) atoms. The van der Waals surface area contributed by atoms with Crippen LogP contribution >= 0.6 is 0 Å². The molecule has 2 atom stereocenters. The summed E-state index contributed by atoms with van der Waals surface area (Å²) >= 11 is 0. The molecule has 0 fully saturated rings. The van der Waals surface area contributed by atoms with E-state index >= 15 is 0 Å². The first kappa shape index (κ1) is 22.9. The van der Waals surface area contributed by atoms with Crippen molar-refractivity contribution in [3.05, 3.63) is 59.9 Å². The predicted molar refractivity (Wildman–Crippen MR) is 130 cm³/mol. The highest BCUT2D eigenvalue weighted by atomic mass is 16.5. The van der Waals surface area contributed by atoms with Gasteiger partial charge in [-0.3, -0.25) is 0 Å². The molecule has 8 heteroatoms. The molecule has 0 aliphatic heterocycles. The first-order valence-electron chi connectivity index (χ1n) is 11.6. The highest BCUT2D eigenvalue weighted by molar-refractivity contribution is 5.85. The summed E-state index contributed by atoms with van der Waals surface area (Å²) in [6.45, 7) is 11.8. The molecular weight excluding hydrogens is 414 g/mol. The van der Waals surface area contributed by atoms with Crippen molar-refractivity contribution in [2.24, 2.45) is 11.8 Å². The first-order chi connectivity index (χ1) is 15.9. The number of aromatic nitrogens is 5. The van der Waals surface area contributed by atoms with Crippen molar-refractivity contribution in [2.75, 3.05) is 11.9 Å². The summed E-state index contributed by atoms with van der Waals surface area (Å²) < 4.78 is 5.33. The highest BCUT2D eigenvalue weighted by Gasteiger charge is 2.38. The Morgan fingerprint density at radius 2 is 1.91 bits per heavy atom. The largest absolute Gasteiger partial charge is 0.360 e. The smallest absolute Gasteiger partial charge is 0.205 e. The Hall–Kier alpha value is -3.26. The molecule has 1 aliphatic rings. The fourth-order valence-corrected chi connectivity index (χ4v) is 4.38. The van der Waals surface area contributed by atoms with E-state index in [1.807, 2.05) is 31.2 Å². The van der Waals surface area contributed by atoms with Crippen LogP contribution in [-0.4, -0.2) is 43.9 Å². The van der Waals surface area contributed by atoms with Crippen LogP contribution in [0.1, 0.15) is 45.4 Å². The van der Waals surface area contributed by atoms with Crippen molar-refractivity contribution in [1.82, 2.24) is 31.1 Å². The molecule has 2 aromatic heterocycles. The van der Waals surface area contributed by atoms with Gasteiger partial charge in [-0.25, -0.2) is 0 Å². The molecule has 0 spiro atoms. The minimum Gasteiger partial charge on any atom is -0.360 e. The normalized spacial score (nSPS) is 20.5. The molecule has 0 saturated heterocycles. The number of aryl methyl sites for hydroxylation is 1. The molecule has 2 unspecified atom stereocenters. The zero-order valence-corrected chi connectivity index (χ0v) is 20.0. The number of nitrogens with one attached hydrogen (secondary N) is 3. The molecule has 0 amide bonds. The summed E-state index contributed by atoms with van der Waals surface area (Å²) in [6.07, 6.45) is 7.77. The Balaban J connectivity index is 1.77. The predicted octanol–water partition coefficient (Wildman–Crippen LogP) is 4.63. The third kappa shape index (κ3) is 5.22. The molecule has 1 aromatic carbocycles. The van der Waals surface area contributed by atoms with Gasteiger partial charge in [0.15, 0.2) is 5.82 Å². The van der Waals surface area contributed by atoms with Crippen LogP contribution in [0.2, 0.25) is 0 Å². The number of allylic oxidation sites excluding steroid dienone is 2. The number of aromatic amines is 1. The lowest BCUT2D eigenvalue weighted by Gasteiger charge is -2.42. The minimum atomic E-state index is -0.268. The maximum Gasteiger partial charge on any atom is 0.205 e. The Morgan fingerprint density at radius 3 is 2.55 bits per heavy atom. The number of H-pyrrole nitrogens is 1. The van der Waals surface area contributed by atoms with E-state index in [1.165, 1.54) is 0 Å². The SMILES string of the molecule is Cc1cc(NC2C=C(c3ccccc3-c3nn[nH]n3)C=CC2(CC(C)C)NCC(C)C)no1. The molecule has 8 nitrogen and oxygen atoms in total. The van der Waals surface area contributed by atoms with E-state index in [0.717, 1.165) is 41.2 Å². The van der Waals surface area contributed by atoms with Crippen LogP contribution in [0, 0.1) is 18.8 Å². The van der Waals surface area contributed by atoms with E-state index in [1.54, 1.807) is 0 Å². The van der Waals surface area contributed by atoms with Gasteiger partial charge in [0.2, 0.25) is 5.82 Å². The van der Waals surface area contributed by atoms with Gasteiger partial charge < -0.3 is 15.2 Å². The third-order valence-corrected chi connectivity index (χ3v) is 5.80. The molecule has 4 rings (SSSR count). The van der Waals surface area contributed by atoms with E-state index in [2.05, 4.69) is 88.4 Å². The number of nitrogens with zero attached hydrogens (tertiary/aromatic N) is 4. The van der Waals surface area contributed by atoms with Crippen LogP contribution in [0.15, 0.2) is 53.1 Å². The van der Waals surface area contributed by atoms with Gasteiger partial charge in [-0.2, -0.15) is 5.21 Å². The highest BCUT2D eigenvalue weighted by Crippen LogP contribution is 2.36. The van der Waals surface area contributed by atoms with Crippen molar-refractivity contribution in [3.8, 4) is 11.4 Å². The van der Waals surface area contributed by atoms with Crippen molar-refractivity contribution >= 4 is 11.4 Å². The van der Waals surface area contributed by atoms with Crippen LogP contribution in [0.5, 0.6) is 0 Å². The molecule has 3 aromatic rings. The maximum absolute atomic E-state index is 5.33. The molecule has 1 aliphatic carbocycles. The van der Waals surface area contributed by atoms with Crippen LogP contribution in [0.25, 0.3) is 17.0 Å². The van der Waals surface area contributed by atoms with Crippen molar-refractivity contribution < 1.29 is 4.52 Å². The van der Waals surface area contributed by atoms with Crippen molar-refractivity contribution in [1.29, 1.82) is 0 Å². The summed E-state index contributed by atoms with van der Waals surface area (Å²) in [6, 6.07) is 10.0. The second-order valence-electron chi connectivity index (χ2n) is 9.59. The third-order valence-electron chi connectivity index (χ3n) is 5.80. The number of tetrazole rings is 1. The first-order valence-corrected chi connectivity index (χ1v) is 11.6. The second-order valence-corrected chi connectivity index (χ2v) is 9.59. The molecule has 0 bridgehead atoms. The van der Waals surface area contributed by atoms with Gasteiger partial charge >= 0.3 is 0 Å². The van der Waals surface area contributed by atoms with Crippen molar-refractivity contribution in [2.45, 2.75) is 52.6 Å². The standard InChI is InChI=1S/C25H33N7O/c1-16(2)14-25(26-15-17(3)4)11-10-19(13-22(25)27-23-12-18(5)33-30-23)20-8-6-7-9-21(20)24-28-31-32-29-24/h6-13,16-17,22,26H,14-15H2,1-5H3,(H,27,30)(H,28,29,31,32). The molecular formula is C25H33N7O. The van der Waals surface area contributed by atoms with Gasteiger partial charge in [-0.05, 0) is 48.1 Å². The zero-order chi connectivity index (χ0) is 23.4. The Bertz CT molecular complexity index is 1110. The Labute approximate surface area is 194 Å². The Kier molecular flexibility index (Phi) is 6.74. The summed E-state index contributed by atoms with van der Waals surface area (Å²) in [5.41, 5.74) is 2.82. The van der Waals surface area contributed by atoms with Crippen LogP contribution in [-0.2, 0) is 0 Å². The summed E-state index contributed by atoms with van der Waals surface area (Å²) in [5.74, 6) is 3.11. The maximum atomic E-state index is 5.33. The van der Waals surface area contributed by atoms with Crippen LogP contribution in [0.4, 0.5) is 5.82 Å². The topological polar surface area (TPSA) is 105 Å². The summed E-state index contributed by atoms with van der Waals surface area (Å²) in [4.78, 5) is 0. The van der Waals surface area contributed by atoms with E-state index < -0.39 is 0 Å². The number of benzene rings is 1. The van der Waals surface area contributed by atoms with E-state index in [-0.39, 0.29) is 11.6 Å². The van der Waals surface area contributed by atoms with Gasteiger partial charge in [-0.15, -0.1) is 10.2 Å². The Morgan fingerprint density at radius 1 is 1.12 bits per heavy atom. The van der Waals surface area contributed by atoms with E-state index in [4.69, 9.17) is 4.52 Å². The summed E-state index contributed by atoms with van der Waals surface area (Å²) in [7, 11) is 0. The van der Waals surface area contributed by atoms with Gasteiger partial charge in [0.1, 0.15) is 5.76 Å². The number of anilines is 1. The fraction of sp³-hybridized carbons (Fsp3) is 0.440. The number of hydrogen-bond acceptors (Lipinski definition) is 7. The van der Waals surface area contributed by atoms with Gasteiger partial charge in [0.25, 0.3) is 0 Å². The van der Waals surface area contributed by atoms with Gasteiger partial charge in [0.05, 0.1) is 11.6 Å². The average molecular weight is 448 g/mol. The number of hydrogen-bond donors (Lipinski definition) is 3. The van der Waals surface area contributed by atoms with Gasteiger partial charge in [0, 0.05) is 11.6 Å². The second kappa shape index (κ2) is 9.70. The lowest BCUT2D eigenvalue weighted by Crippen LogP contribution is -2.57. The minimum absolute atomic E-state index is 0.0403. The molecule has 2 heterocycles. The van der Waals surface area contributed by atoms with Crippen LogP contribution in [0.3, 0.4) is 0 Å². The zero-order valence-electron chi connectivity index (χ0n) is 20.0. The average Bonchev–Trinajstić information content (AvgIpc) is 3.45.